The Labute approximate surface area is 174 Å². The third-order valence-corrected chi connectivity index (χ3v) is 3.99. The number of nitrogens with one attached hydrogen (secondary N) is 1. The lowest BCUT2D eigenvalue weighted by Crippen LogP contribution is -2.30. The fourth-order valence-electron chi connectivity index (χ4n) is 2.43. The van der Waals surface area contributed by atoms with Gasteiger partial charge in [0.25, 0.3) is 5.91 Å². The van der Waals surface area contributed by atoms with Crippen molar-refractivity contribution in [3.8, 4) is 11.5 Å². The molecule has 0 saturated heterocycles. The monoisotopic (exact) mass is 421 g/mol. The summed E-state index contributed by atoms with van der Waals surface area (Å²) in [4.78, 5) is 23.8. The Bertz CT molecular complexity index is 860. The Hall–Kier alpha value is -2.93. The van der Waals surface area contributed by atoms with Gasteiger partial charge in [-0.3, -0.25) is 4.79 Å². The minimum Gasteiger partial charge on any atom is -0.493 e. The summed E-state index contributed by atoms with van der Waals surface area (Å²) < 4.78 is 21.1. The third-order valence-electron chi connectivity index (χ3n) is 3.71. The van der Waals surface area contributed by atoms with E-state index in [2.05, 4.69) is 5.32 Å². The molecule has 1 aromatic carbocycles. The normalized spacial score (nSPS) is 12.1. The smallest absolute Gasteiger partial charge is 0.331 e. The van der Waals surface area contributed by atoms with Gasteiger partial charge in [-0.15, -0.1) is 0 Å². The Morgan fingerprint density at radius 1 is 1.28 bits per heavy atom. The molecule has 156 valence electrons. The van der Waals surface area contributed by atoms with Crippen LogP contribution in [0.4, 0.5) is 0 Å². The number of benzene rings is 1. The highest BCUT2D eigenvalue weighted by Gasteiger charge is 2.14. The number of methoxy groups -OCH3 is 1. The summed E-state index contributed by atoms with van der Waals surface area (Å²) >= 11 is 6.25. The number of hydrogen-bond acceptors (Lipinski definition) is 6. The molecule has 2 rings (SSSR count). The van der Waals surface area contributed by atoms with Crippen LogP contribution in [0.15, 0.2) is 41.0 Å². The second kappa shape index (κ2) is 10.6. The molecule has 0 aliphatic rings. The highest BCUT2D eigenvalue weighted by Crippen LogP contribution is 2.37. The molecule has 1 aromatic heterocycles. The Morgan fingerprint density at radius 2 is 2.03 bits per heavy atom. The van der Waals surface area contributed by atoms with E-state index < -0.39 is 18.5 Å². The van der Waals surface area contributed by atoms with Crippen molar-refractivity contribution in [2.45, 2.75) is 32.9 Å². The number of furan rings is 1. The molecular weight excluding hydrogens is 398 g/mol. The molecule has 1 heterocycles. The maximum atomic E-state index is 11.9. The van der Waals surface area contributed by atoms with Crippen LogP contribution >= 0.6 is 11.6 Å². The molecule has 0 bridgehead atoms. The highest BCUT2D eigenvalue weighted by molar-refractivity contribution is 6.32. The van der Waals surface area contributed by atoms with Crippen LogP contribution in [0.25, 0.3) is 6.08 Å². The van der Waals surface area contributed by atoms with Crippen molar-refractivity contribution in [1.82, 2.24) is 5.32 Å². The predicted molar refractivity (Wildman–Crippen MR) is 109 cm³/mol. The molecule has 8 heteroatoms. The minimum atomic E-state index is -0.664. The SMILES string of the molecule is COc1cc(/C=C/C(=O)OCC(=O)N[C@H](C)c2ccco2)cc(Cl)c1OC(C)C. The van der Waals surface area contributed by atoms with Gasteiger partial charge in [0.2, 0.25) is 0 Å². The van der Waals surface area contributed by atoms with Crippen molar-refractivity contribution in [2.24, 2.45) is 0 Å². The van der Waals surface area contributed by atoms with Crippen LogP contribution in [0.5, 0.6) is 11.5 Å². The van der Waals surface area contributed by atoms with Gasteiger partial charge < -0.3 is 23.9 Å². The van der Waals surface area contributed by atoms with Crippen LogP contribution in [-0.4, -0.2) is 31.7 Å². The fraction of sp³-hybridized carbons (Fsp3) is 0.333. The van der Waals surface area contributed by atoms with Gasteiger partial charge in [0.05, 0.1) is 30.5 Å². The van der Waals surface area contributed by atoms with Crippen LogP contribution in [0, 0.1) is 0 Å². The van der Waals surface area contributed by atoms with Crippen molar-refractivity contribution in [3.63, 3.8) is 0 Å². The summed E-state index contributed by atoms with van der Waals surface area (Å²) in [7, 11) is 1.50. The van der Waals surface area contributed by atoms with Crippen LogP contribution in [0.1, 0.15) is 38.1 Å². The van der Waals surface area contributed by atoms with E-state index >= 15 is 0 Å². The van der Waals surface area contributed by atoms with Gasteiger partial charge in [0, 0.05) is 6.08 Å². The number of halogens is 1. The van der Waals surface area contributed by atoms with E-state index in [1.807, 2.05) is 13.8 Å². The van der Waals surface area contributed by atoms with Crippen molar-refractivity contribution < 1.29 is 28.2 Å². The van der Waals surface area contributed by atoms with Crippen molar-refractivity contribution in [2.75, 3.05) is 13.7 Å². The first kappa shape index (κ1) is 22.4. The number of esters is 1. The maximum absolute atomic E-state index is 11.9. The molecule has 7 nitrogen and oxygen atoms in total. The molecule has 1 atom stereocenters. The molecule has 1 N–H and O–H groups in total. The quantitative estimate of drug-likeness (QED) is 0.483. The van der Waals surface area contributed by atoms with Gasteiger partial charge in [-0.05, 0) is 56.7 Å². The second-order valence-electron chi connectivity index (χ2n) is 6.45. The van der Waals surface area contributed by atoms with Gasteiger partial charge in [0.15, 0.2) is 18.1 Å². The number of carbonyl (C=O) groups excluding carboxylic acids is 2. The van der Waals surface area contributed by atoms with Crippen molar-refractivity contribution in [1.29, 1.82) is 0 Å². The molecule has 2 aromatic rings. The van der Waals surface area contributed by atoms with Crippen LogP contribution in [0.3, 0.4) is 0 Å². The van der Waals surface area contributed by atoms with E-state index in [1.165, 1.54) is 25.5 Å². The average molecular weight is 422 g/mol. The summed E-state index contributed by atoms with van der Waals surface area (Å²) in [6.45, 7) is 5.12. The number of hydrogen-bond donors (Lipinski definition) is 1. The summed E-state index contributed by atoms with van der Waals surface area (Å²) in [6.07, 6.45) is 4.17. The molecule has 0 fully saturated rings. The van der Waals surface area contributed by atoms with E-state index in [0.29, 0.717) is 27.8 Å². The topological polar surface area (TPSA) is 87.0 Å². The molecule has 29 heavy (non-hydrogen) atoms. The zero-order valence-electron chi connectivity index (χ0n) is 16.7. The fourth-order valence-corrected chi connectivity index (χ4v) is 2.69. The zero-order valence-corrected chi connectivity index (χ0v) is 17.5. The highest BCUT2D eigenvalue weighted by atomic mass is 35.5. The lowest BCUT2D eigenvalue weighted by Gasteiger charge is -2.15. The van der Waals surface area contributed by atoms with E-state index in [4.69, 9.17) is 30.2 Å². The summed E-state index contributed by atoms with van der Waals surface area (Å²) in [6, 6.07) is 6.48. The maximum Gasteiger partial charge on any atom is 0.331 e. The first-order chi connectivity index (χ1) is 13.8. The number of ether oxygens (including phenoxy) is 3. The first-order valence-electron chi connectivity index (χ1n) is 9.02. The van der Waals surface area contributed by atoms with E-state index in [0.717, 1.165) is 0 Å². The third kappa shape index (κ3) is 6.87. The summed E-state index contributed by atoms with van der Waals surface area (Å²) in [5.41, 5.74) is 0.621. The largest absolute Gasteiger partial charge is 0.493 e. The van der Waals surface area contributed by atoms with E-state index in [9.17, 15) is 9.59 Å². The lowest BCUT2D eigenvalue weighted by molar-refractivity contribution is -0.144. The molecule has 0 unspecified atom stereocenters. The Morgan fingerprint density at radius 3 is 2.66 bits per heavy atom. The molecule has 0 spiro atoms. The van der Waals surface area contributed by atoms with Gasteiger partial charge in [-0.25, -0.2) is 4.79 Å². The number of carbonyl (C=O) groups is 2. The summed E-state index contributed by atoms with van der Waals surface area (Å²) in [5.74, 6) is 0.399. The minimum absolute atomic E-state index is 0.0700. The van der Waals surface area contributed by atoms with Crippen LogP contribution < -0.4 is 14.8 Å². The molecule has 1 amide bonds. The number of rotatable bonds is 9. The number of amides is 1. The molecule has 0 aliphatic carbocycles. The Balaban J connectivity index is 1.91. The zero-order chi connectivity index (χ0) is 21.4. The molecule has 0 radical (unpaired) electrons. The van der Waals surface area contributed by atoms with Gasteiger partial charge in [-0.1, -0.05) is 11.6 Å². The van der Waals surface area contributed by atoms with E-state index in [1.54, 1.807) is 31.2 Å². The van der Waals surface area contributed by atoms with Crippen LogP contribution in [-0.2, 0) is 14.3 Å². The average Bonchev–Trinajstić information content (AvgIpc) is 3.21. The standard InChI is InChI=1S/C21H24ClNO6/c1-13(2)29-21-16(22)10-15(11-18(21)26-4)7-8-20(25)28-12-19(24)23-14(3)17-6-5-9-27-17/h5-11,13-14H,12H2,1-4H3,(H,23,24)/b8-7+/t14-/m1/s1. The summed E-state index contributed by atoms with van der Waals surface area (Å²) in [5, 5.41) is 3.03. The van der Waals surface area contributed by atoms with E-state index in [-0.39, 0.29) is 12.1 Å². The van der Waals surface area contributed by atoms with Crippen LogP contribution in [0.2, 0.25) is 5.02 Å². The van der Waals surface area contributed by atoms with Crippen molar-refractivity contribution >= 4 is 29.6 Å². The molecule has 0 aliphatic heterocycles. The van der Waals surface area contributed by atoms with Crippen molar-refractivity contribution in [3.05, 3.63) is 53.0 Å². The lowest BCUT2D eigenvalue weighted by atomic mass is 10.2. The first-order valence-corrected chi connectivity index (χ1v) is 9.39. The van der Waals surface area contributed by atoms with Gasteiger partial charge in [-0.2, -0.15) is 0 Å². The van der Waals surface area contributed by atoms with Gasteiger partial charge in [0.1, 0.15) is 5.76 Å². The van der Waals surface area contributed by atoms with Gasteiger partial charge >= 0.3 is 5.97 Å². The molecule has 0 saturated carbocycles. The molecular formula is C21H24ClNO6. The predicted octanol–water partition coefficient (Wildman–Crippen LogP) is 4.16. The second-order valence-corrected chi connectivity index (χ2v) is 6.85. The Kier molecular flexibility index (Phi) is 8.15.